The van der Waals surface area contributed by atoms with Crippen LogP contribution in [-0.2, 0) is 54.3 Å². The number of piperidine rings is 1. The SMILES string of the molecule is CC[C@H](C)[C@@H]1NC(=O)[C@H](Cc2ccc(O)cc2)N(C)C(=O)[C@H]([C@@H](C)CC)N2C(=O)[C@H](CC[C@H]2O)NC(=O)[C@H](CC(C)C)NC(=O)[C@@H](NC(=O)[C@H](CCC(N)=O)CC(=O)C(C)C)[C@@H](C)OC1=O. The summed E-state index contributed by atoms with van der Waals surface area (Å²) < 4.78 is 5.93. The van der Waals surface area contributed by atoms with E-state index in [4.69, 9.17) is 10.5 Å². The highest BCUT2D eigenvalue weighted by molar-refractivity contribution is 5.98. The third-order valence-electron chi connectivity index (χ3n) is 12.8. The molecule has 0 radical (unpaired) electrons. The number of hydrogen-bond donors (Lipinski definition) is 7. The number of phenols is 1. The molecule has 2 aliphatic heterocycles. The van der Waals surface area contributed by atoms with Gasteiger partial charge in [-0.05, 0) is 68.1 Å². The second-order valence-corrected chi connectivity index (χ2v) is 18.7. The van der Waals surface area contributed by atoms with Crippen LogP contribution in [0.2, 0.25) is 0 Å². The Morgan fingerprint density at radius 1 is 0.864 bits per heavy atom. The number of likely N-dealkylation sites (N-methyl/N-ethyl adjacent to an activating group) is 1. The van der Waals surface area contributed by atoms with Crippen LogP contribution in [0.15, 0.2) is 24.3 Å². The number of ether oxygens (including phenoxy) is 1. The lowest BCUT2D eigenvalue weighted by Crippen LogP contribution is -2.66. The van der Waals surface area contributed by atoms with Gasteiger partial charge in [0.15, 0.2) is 0 Å². The van der Waals surface area contributed by atoms with E-state index in [2.05, 4.69) is 21.3 Å². The monoisotopic (exact) mass is 928 g/mol. The predicted molar refractivity (Wildman–Crippen MR) is 242 cm³/mol. The number of carbonyl (C=O) groups excluding carboxylic acids is 9. The van der Waals surface area contributed by atoms with Crippen molar-refractivity contribution < 1.29 is 58.1 Å². The van der Waals surface area contributed by atoms with Crippen LogP contribution >= 0.6 is 0 Å². The highest BCUT2D eigenvalue weighted by Gasteiger charge is 2.47. The average molecular weight is 928 g/mol. The number of nitrogens with two attached hydrogens (primary N) is 1. The van der Waals surface area contributed by atoms with Crippen LogP contribution in [0, 0.1) is 29.6 Å². The third-order valence-corrected chi connectivity index (χ3v) is 12.8. The molecule has 66 heavy (non-hydrogen) atoms. The van der Waals surface area contributed by atoms with Crippen molar-refractivity contribution in [2.75, 3.05) is 7.05 Å². The summed E-state index contributed by atoms with van der Waals surface area (Å²) in [6.45, 7) is 15.2. The molecule has 7 amide bonds. The molecule has 1 aromatic rings. The Balaban J connectivity index is 2.27. The summed E-state index contributed by atoms with van der Waals surface area (Å²) in [5.74, 6) is -9.78. The summed E-state index contributed by atoms with van der Waals surface area (Å²) >= 11 is 0. The molecular weight excluding hydrogens is 855 g/mol. The van der Waals surface area contributed by atoms with Gasteiger partial charge < -0.3 is 51.8 Å². The van der Waals surface area contributed by atoms with Gasteiger partial charge in [-0.1, -0.05) is 80.4 Å². The lowest BCUT2D eigenvalue weighted by atomic mass is 9.91. The maximum atomic E-state index is 14.9. The Morgan fingerprint density at radius 2 is 1.48 bits per heavy atom. The van der Waals surface area contributed by atoms with E-state index in [-0.39, 0.29) is 62.4 Å². The quantitative estimate of drug-likeness (QED) is 0.117. The Bertz CT molecular complexity index is 1910. The normalized spacial score (nSPS) is 26.5. The van der Waals surface area contributed by atoms with Crippen molar-refractivity contribution in [3.8, 4) is 5.75 Å². The number of fused-ring (bicyclic) bond motifs is 2. The molecule has 368 valence electrons. The van der Waals surface area contributed by atoms with Gasteiger partial charge in [0.1, 0.15) is 60.1 Å². The maximum Gasteiger partial charge on any atom is 0.329 e. The van der Waals surface area contributed by atoms with Crippen LogP contribution in [0.3, 0.4) is 0 Å². The zero-order valence-corrected chi connectivity index (χ0v) is 40.1. The first-order chi connectivity index (χ1) is 30.9. The molecule has 0 aliphatic carbocycles. The van der Waals surface area contributed by atoms with Crippen LogP contribution in [0.25, 0.3) is 0 Å². The molecule has 2 heterocycles. The van der Waals surface area contributed by atoms with Crippen molar-refractivity contribution >= 4 is 53.1 Å². The number of nitrogens with zero attached hydrogens (tertiary/aromatic N) is 2. The van der Waals surface area contributed by atoms with Gasteiger partial charge in [0.25, 0.3) is 0 Å². The van der Waals surface area contributed by atoms with Gasteiger partial charge >= 0.3 is 5.97 Å². The number of Topliss-reactive ketones (excluding diaryl/α,β-unsaturated/α-hetero) is 1. The molecule has 2 saturated heterocycles. The van der Waals surface area contributed by atoms with Crippen LogP contribution in [-0.4, -0.2) is 129 Å². The van der Waals surface area contributed by atoms with E-state index < -0.39 is 120 Å². The lowest BCUT2D eigenvalue weighted by molar-refractivity contribution is -0.168. The van der Waals surface area contributed by atoms with E-state index in [9.17, 15) is 53.4 Å². The molecule has 0 spiro atoms. The number of hydrogen-bond acceptors (Lipinski definition) is 12. The molecular formula is C47H73N7O12. The van der Waals surface area contributed by atoms with Gasteiger partial charge in [0, 0.05) is 38.1 Å². The minimum atomic E-state index is -1.70. The first-order valence-corrected chi connectivity index (χ1v) is 23.2. The minimum absolute atomic E-state index is 0.0157. The van der Waals surface area contributed by atoms with Gasteiger partial charge in [-0.3, -0.25) is 38.4 Å². The smallest absolute Gasteiger partial charge is 0.329 e. The number of benzene rings is 1. The van der Waals surface area contributed by atoms with Crippen molar-refractivity contribution in [1.82, 2.24) is 31.1 Å². The fourth-order valence-electron chi connectivity index (χ4n) is 8.11. The molecule has 3 rings (SSSR count). The standard InChI is InChI=1S/C47H73N7O12/c1-11-26(7)38-47(65)66-28(9)39(52-41(59)30(15-19-36(48)57)23-35(56)25(5)6)44(62)50-33(21-24(3)4)42(60)49-32-18-20-37(58)54(45(32)63)40(27(8)12-2)46(64)53(10)34(43(61)51-38)22-29-13-16-31(55)17-14-29/h13-14,16-17,24-28,30,32-34,37-40,55,58H,11-12,15,18-23H2,1-10H3,(H2,48,57)(H,49,60)(H,50,62)(H,51,61)(H,52,59)/t26-,27-,28+,30+,32-,33-,34-,37+,38-,39-,40-/m0/s1. The zero-order valence-electron chi connectivity index (χ0n) is 40.1. The number of aromatic hydroxyl groups is 1. The first-order valence-electron chi connectivity index (χ1n) is 23.2. The second kappa shape index (κ2) is 24.8. The Morgan fingerprint density at radius 3 is 2.05 bits per heavy atom. The van der Waals surface area contributed by atoms with Crippen molar-refractivity contribution in [2.45, 2.75) is 169 Å². The number of phenolic OH excluding ortho intramolecular Hbond substituents is 1. The van der Waals surface area contributed by atoms with Gasteiger partial charge in [0.2, 0.25) is 41.4 Å². The van der Waals surface area contributed by atoms with E-state index >= 15 is 0 Å². The molecule has 11 atom stereocenters. The van der Waals surface area contributed by atoms with Gasteiger partial charge in [-0.2, -0.15) is 0 Å². The summed E-state index contributed by atoms with van der Waals surface area (Å²) in [5, 5.41) is 32.2. The molecule has 0 unspecified atom stereocenters. The maximum absolute atomic E-state index is 14.9. The predicted octanol–water partition coefficient (Wildman–Crippen LogP) is 1.59. The topological polar surface area (TPSA) is 284 Å². The number of aliphatic hydroxyl groups excluding tert-OH is 1. The lowest BCUT2D eigenvalue weighted by Gasteiger charge is -2.44. The number of amides is 7. The zero-order chi connectivity index (χ0) is 49.7. The number of aliphatic hydroxyl groups is 1. The van der Waals surface area contributed by atoms with E-state index in [1.807, 2.05) is 0 Å². The highest BCUT2D eigenvalue weighted by atomic mass is 16.5. The third kappa shape index (κ3) is 14.7. The van der Waals surface area contributed by atoms with Gasteiger partial charge in [-0.25, -0.2) is 4.79 Å². The number of carbonyl (C=O) groups is 9. The largest absolute Gasteiger partial charge is 0.508 e. The summed E-state index contributed by atoms with van der Waals surface area (Å²) in [4.78, 5) is 128. The summed E-state index contributed by atoms with van der Waals surface area (Å²) in [6, 6.07) is -2.31. The number of cyclic esters (lactones) is 1. The van der Waals surface area contributed by atoms with Crippen LogP contribution in [0.5, 0.6) is 5.75 Å². The van der Waals surface area contributed by atoms with Crippen LogP contribution < -0.4 is 27.0 Å². The van der Waals surface area contributed by atoms with E-state index in [0.29, 0.717) is 18.4 Å². The molecule has 2 aliphatic rings. The second-order valence-electron chi connectivity index (χ2n) is 18.7. The average Bonchev–Trinajstić information content (AvgIpc) is 3.25. The number of nitrogens with one attached hydrogen (secondary N) is 4. The number of ketones is 1. The molecule has 1 aromatic carbocycles. The number of esters is 1. The van der Waals surface area contributed by atoms with Crippen LogP contribution in [0.1, 0.15) is 119 Å². The van der Waals surface area contributed by atoms with Crippen molar-refractivity contribution in [1.29, 1.82) is 0 Å². The molecule has 8 N–H and O–H groups in total. The molecule has 0 aromatic heterocycles. The first kappa shape index (κ1) is 54.7. The molecule has 19 nitrogen and oxygen atoms in total. The number of primary amides is 1. The fourth-order valence-corrected chi connectivity index (χ4v) is 8.11. The van der Waals surface area contributed by atoms with Crippen LogP contribution in [0.4, 0.5) is 0 Å². The highest BCUT2D eigenvalue weighted by Crippen LogP contribution is 2.28. The Labute approximate surface area is 388 Å². The molecule has 2 bridgehead atoms. The molecule has 0 saturated carbocycles. The molecule has 19 heteroatoms. The van der Waals surface area contributed by atoms with E-state index in [1.165, 1.54) is 31.0 Å². The molecule has 2 fully saturated rings. The van der Waals surface area contributed by atoms with Gasteiger partial charge in [0.05, 0.1) is 0 Å². The summed E-state index contributed by atoms with van der Waals surface area (Å²) in [5.41, 5.74) is 5.93. The fraction of sp³-hybridized carbons (Fsp3) is 0.681. The summed E-state index contributed by atoms with van der Waals surface area (Å²) in [6.07, 6.45) is -2.99. The Hall–Kier alpha value is -5.59. The Kier molecular flexibility index (Phi) is 20.6. The minimum Gasteiger partial charge on any atom is -0.508 e. The number of rotatable bonds is 16. The summed E-state index contributed by atoms with van der Waals surface area (Å²) in [7, 11) is 1.39. The van der Waals surface area contributed by atoms with E-state index in [0.717, 1.165) is 4.90 Å². The van der Waals surface area contributed by atoms with Gasteiger partial charge in [-0.15, -0.1) is 0 Å². The van der Waals surface area contributed by atoms with Crippen molar-refractivity contribution in [2.24, 2.45) is 35.3 Å². The van der Waals surface area contributed by atoms with Crippen molar-refractivity contribution in [3.63, 3.8) is 0 Å². The van der Waals surface area contributed by atoms with Crippen molar-refractivity contribution in [3.05, 3.63) is 29.8 Å². The van der Waals surface area contributed by atoms with E-state index in [1.54, 1.807) is 67.5 Å².